The lowest BCUT2D eigenvalue weighted by molar-refractivity contribution is -0.136. The molecule has 0 rings (SSSR count). The molecule has 4 N–H and O–H groups in total. The standard InChI is InChI=1S/C18H34O5/c1-2-3-4-5-6-7-8-9-10-11-12-13-14-15(19)16(20)17(21)18(22)23/h15,19-21H,2-14H2,1H3,(H,22,23)/b17-16+. The van der Waals surface area contributed by atoms with E-state index in [0.717, 1.165) is 12.8 Å². The van der Waals surface area contributed by atoms with Crippen molar-refractivity contribution < 1.29 is 25.2 Å². The minimum absolute atomic E-state index is 0.264. The lowest BCUT2D eigenvalue weighted by atomic mass is 10.0. The average Bonchev–Trinajstić information content (AvgIpc) is 2.54. The summed E-state index contributed by atoms with van der Waals surface area (Å²) in [5.41, 5.74) is 0. The summed E-state index contributed by atoms with van der Waals surface area (Å²) in [7, 11) is 0. The first kappa shape index (κ1) is 21.8. The van der Waals surface area contributed by atoms with E-state index in [2.05, 4.69) is 6.92 Å². The van der Waals surface area contributed by atoms with Crippen LogP contribution in [-0.2, 0) is 4.79 Å². The maximum Gasteiger partial charge on any atom is 0.374 e. The Morgan fingerprint density at radius 2 is 1.13 bits per heavy atom. The molecule has 5 heteroatoms. The van der Waals surface area contributed by atoms with Gasteiger partial charge in [-0.25, -0.2) is 4.79 Å². The van der Waals surface area contributed by atoms with Gasteiger partial charge in [-0.2, -0.15) is 0 Å². The highest BCUT2D eigenvalue weighted by atomic mass is 16.4. The Labute approximate surface area is 140 Å². The molecule has 0 aliphatic carbocycles. The molecule has 0 heterocycles. The average molecular weight is 330 g/mol. The normalized spacial score (nSPS) is 13.7. The van der Waals surface area contributed by atoms with Crippen molar-refractivity contribution in [3.05, 3.63) is 11.5 Å². The first-order valence-corrected chi connectivity index (χ1v) is 9.04. The largest absolute Gasteiger partial charge is 0.506 e. The van der Waals surface area contributed by atoms with Gasteiger partial charge in [0.15, 0.2) is 5.76 Å². The maximum absolute atomic E-state index is 10.4. The highest BCUT2D eigenvalue weighted by Crippen LogP contribution is 2.15. The van der Waals surface area contributed by atoms with Crippen LogP contribution in [-0.4, -0.2) is 32.5 Å². The van der Waals surface area contributed by atoms with Gasteiger partial charge in [0, 0.05) is 0 Å². The summed E-state index contributed by atoms with van der Waals surface area (Å²) in [5.74, 6) is -3.65. The van der Waals surface area contributed by atoms with Gasteiger partial charge in [0.25, 0.3) is 0 Å². The minimum atomic E-state index is -1.63. The molecule has 0 bridgehead atoms. The highest BCUT2D eigenvalue weighted by Gasteiger charge is 2.19. The first-order valence-electron chi connectivity index (χ1n) is 9.04. The number of rotatable bonds is 15. The molecule has 0 aromatic carbocycles. The van der Waals surface area contributed by atoms with Crippen molar-refractivity contribution in [2.45, 2.75) is 96.5 Å². The van der Waals surface area contributed by atoms with Crippen molar-refractivity contribution in [1.82, 2.24) is 0 Å². The van der Waals surface area contributed by atoms with Gasteiger partial charge in [-0.3, -0.25) is 0 Å². The van der Waals surface area contributed by atoms with E-state index in [1.54, 1.807) is 0 Å². The molecule has 0 radical (unpaired) electrons. The number of aliphatic carboxylic acids is 1. The molecule has 0 amide bonds. The van der Waals surface area contributed by atoms with Crippen molar-refractivity contribution >= 4 is 5.97 Å². The predicted molar refractivity (Wildman–Crippen MR) is 91.6 cm³/mol. The van der Waals surface area contributed by atoms with Gasteiger partial charge >= 0.3 is 5.97 Å². The molecule has 0 fully saturated rings. The fourth-order valence-electron chi connectivity index (χ4n) is 2.58. The highest BCUT2D eigenvalue weighted by molar-refractivity contribution is 5.84. The Hall–Kier alpha value is -1.23. The van der Waals surface area contributed by atoms with Crippen LogP contribution in [0.3, 0.4) is 0 Å². The van der Waals surface area contributed by atoms with Crippen molar-refractivity contribution in [2.75, 3.05) is 0 Å². The van der Waals surface area contributed by atoms with Gasteiger partial charge in [-0.1, -0.05) is 84.0 Å². The minimum Gasteiger partial charge on any atom is -0.506 e. The Morgan fingerprint density at radius 3 is 1.52 bits per heavy atom. The van der Waals surface area contributed by atoms with Crippen molar-refractivity contribution in [1.29, 1.82) is 0 Å². The van der Waals surface area contributed by atoms with Gasteiger partial charge in [0.2, 0.25) is 5.76 Å². The Balaban J connectivity index is 3.46. The van der Waals surface area contributed by atoms with E-state index in [0.29, 0.717) is 6.42 Å². The number of unbranched alkanes of at least 4 members (excludes halogenated alkanes) is 11. The van der Waals surface area contributed by atoms with Crippen LogP contribution >= 0.6 is 0 Å². The lowest BCUT2D eigenvalue weighted by Crippen LogP contribution is -2.16. The molecule has 5 nitrogen and oxygen atoms in total. The summed E-state index contributed by atoms with van der Waals surface area (Å²) in [5, 5.41) is 36.4. The number of aliphatic hydroxyl groups excluding tert-OH is 3. The second-order valence-corrected chi connectivity index (χ2v) is 6.23. The second kappa shape index (κ2) is 14.4. The van der Waals surface area contributed by atoms with Gasteiger partial charge < -0.3 is 20.4 Å². The maximum atomic E-state index is 10.4. The smallest absolute Gasteiger partial charge is 0.374 e. The van der Waals surface area contributed by atoms with Crippen LogP contribution in [0.1, 0.15) is 90.4 Å². The Kier molecular flexibility index (Phi) is 13.6. The van der Waals surface area contributed by atoms with E-state index >= 15 is 0 Å². The van der Waals surface area contributed by atoms with E-state index in [4.69, 9.17) is 10.2 Å². The van der Waals surface area contributed by atoms with Crippen molar-refractivity contribution in [2.24, 2.45) is 0 Å². The van der Waals surface area contributed by atoms with Crippen LogP contribution in [0.5, 0.6) is 0 Å². The molecule has 0 aromatic rings. The number of hydrogen-bond acceptors (Lipinski definition) is 4. The molecule has 0 spiro atoms. The zero-order chi connectivity index (χ0) is 17.5. The monoisotopic (exact) mass is 330 g/mol. The number of hydrogen-bond donors (Lipinski definition) is 4. The van der Waals surface area contributed by atoms with Crippen LogP contribution in [0.4, 0.5) is 0 Å². The number of carboxylic acid groups (broad SMARTS) is 1. The molecule has 0 aliphatic rings. The van der Waals surface area contributed by atoms with Crippen LogP contribution in [0.25, 0.3) is 0 Å². The predicted octanol–water partition coefficient (Wildman–Crippen LogP) is 4.85. The fraction of sp³-hybridized carbons (Fsp3) is 0.833. The summed E-state index contributed by atoms with van der Waals surface area (Å²) in [6.07, 6.45) is 13.4. The topological polar surface area (TPSA) is 98.0 Å². The molecule has 0 saturated heterocycles. The molecular formula is C18H34O5. The summed E-state index contributed by atoms with van der Waals surface area (Å²) in [4.78, 5) is 10.4. The van der Waals surface area contributed by atoms with Crippen LogP contribution in [0, 0.1) is 0 Å². The molecule has 0 aromatic heterocycles. The lowest BCUT2D eigenvalue weighted by Gasteiger charge is -2.10. The number of aliphatic hydroxyl groups is 3. The van der Waals surface area contributed by atoms with E-state index in [9.17, 15) is 15.0 Å². The van der Waals surface area contributed by atoms with E-state index < -0.39 is 23.6 Å². The molecule has 0 saturated carbocycles. The molecule has 136 valence electrons. The van der Waals surface area contributed by atoms with Crippen molar-refractivity contribution in [3.63, 3.8) is 0 Å². The summed E-state index contributed by atoms with van der Waals surface area (Å²) >= 11 is 0. The van der Waals surface area contributed by atoms with Gasteiger partial charge in [0.05, 0.1) is 0 Å². The summed E-state index contributed by atoms with van der Waals surface area (Å²) < 4.78 is 0. The Morgan fingerprint density at radius 1 is 0.739 bits per heavy atom. The molecule has 1 unspecified atom stereocenters. The van der Waals surface area contributed by atoms with Gasteiger partial charge in [-0.05, 0) is 6.42 Å². The summed E-state index contributed by atoms with van der Waals surface area (Å²) in [6.45, 7) is 2.23. The van der Waals surface area contributed by atoms with E-state index in [1.807, 2.05) is 0 Å². The molecule has 1 atom stereocenters. The quantitative estimate of drug-likeness (QED) is 0.195. The van der Waals surface area contributed by atoms with Crippen LogP contribution in [0.15, 0.2) is 11.5 Å². The summed E-state index contributed by atoms with van der Waals surface area (Å²) in [6, 6.07) is 0. The number of carboxylic acids is 1. The third-order valence-corrected chi connectivity index (χ3v) is 4.09. The molecule has 0 aliphatic heterocycles. The van der Waals surface area contributed by atoms with Gasteiger partial charge in [0.1, 0.15) is 6.10 Å². The van der Waals surface area contributed by atoms with Crippen LogP contribution in [0.2, 0.25) is 0 Å². The Bertz CT molecular complexity index is 338. The molecule has 23 heavy (non-hydrogen) atoms. The third kappa shape index (κ3) is 11.9. The third-order valence-electron chi connectivity index (χ3n) is 4.09. The fourth-order valence-corrected chi connectivity index (χ4v) is 2.58. The van der Waals surface area contributed by atoms with Crippen molar-refractivity contribution in [3.8, 4) is 0 Å². The number of carbonyl (C=O) groups is 1. The van der Waals surface area contributed by atoms with Gasteiger partial charge in [-0.15, -0.1) is 0 Å². The zero-order valence-electron chi connectivity index (χ0n) is 14.5. The molecular weight excluding hydrogens is 296 g/mol. The zero-order valence-corrected chi connectivity index (χ0v) is 14.5. The van der Waals surface area contributed by atoms with E-state index in [1.165, 1.54) is 57.8 Å². The SMILES string of the molecule is CCCCCCCCCCCCCCC(O)/C(O)=C(\O)C(=O)O. The second-order valence-electron chi connectivity index (χ2n) is 6.23. The van der Waals surface area contributed by atoms with Crippen LogP contribution < -0.4 is 0 Å². The van der Waals surface area contributed by atoms with E-state index in [-0.39, 0.29) is 6.42 Å². The first-order chi connectivity index (χ1) is 11.0.